The van der Waals surface area contributed by atoms with E-state index in [-0.39, 0.29) is 31.7 Å². The molecular weight excluding hydrogens is 999 g/mol. The Bertz CT molecular complexity index is 2240. The zero-order valence-corrected chi connectivity index (χ0v) is 44.8. The molecule has 0 saturated carbocycles. The first-order valence-electron chi connectivity index (χ1n) is 27.3. The Kier molecular flexibility index (Phi) is 24.5. The summed E-state index contributed by atoms with van der Waals surface area (Å²) in [5.74, 6) is -7.23. The molecule has 428 valence electrons. The predicted octanol–water partition coefficient (Wildman–Crippen LogP) is 0.148. The minimum atomic E-state index is -1.93. The third-order valence-corrected chi connectivity index (χ3v) is 14.9. The van der Waals surface area contributed by atoms with Crippen molar-refractivity contribution in [1.29, 1.82) is 0 Å². The molecule has 0 radical (unpaired) electrons. The second kappa shape index (κ2) is 30.4. The van der Waals surface area contributed by atoms with Crippen molar-refractivity contribution in [3.8, 4) is 5.75 Å². The van der Waals surface area contributed by atoms with Crippen LogP contribution >= 0.6 is 0 Å². The Labute approximate surface area is 450 Å². The van der Waals surface area contributed by atoms with E-state index < -0.39 is 146 Å². The molecule has 22 nitrogen and oxygen atoms in total. The average molecular weight is 1080 g/mol. The Morgan fingerprint density at radius 3 is 2.00 bits per heavy atom. The lowest BCUT2D eigenvalue weighted by Gasteiger charge is -2.33. The minimum absolute atomic E-state index is 0.0148. The van der Waals surface area contributed by atoms with Crippen molar-refractivity contribution < 1.29 is 74.0 Å². The number of aliphatic hydroxyl groups is 6. The van der Waals surface area contributed by atoms with Crippen molar-refractivity contribution in [2.45, 2.75) is 197 Å². The van der Waals surface area contributed by atoms with E-state index in [0.717, 1.165) is 41.9 Å². The summed E-state index contributed by atoms with van der Waals surface area (Å²) in [5.41, 5.74) is 0.984. The number of ether oxygens (including phenoxy) is 1. The SMILES string of the molecule is CCC(C)CCCCCCCCCCC(=O)N[C@@H]1C[C@@H](O)[C@H](OCc2ccccc2)NC(=O)[C@@H]2[C@@H](O)[C@@H](C)CN2C(=O)C(CO)NC(=O)C([C@@H](O)Cc2ccc(O)cc2)NC(=O)[C@@H]2C[C@@H](O)CN2C(=O)C(C(C)O)NC1=O. The number of carbonyl (C=O) groups excluding carboxylic acids is 7. The summed E-state index contributed by atoms with van der Waals surface area (Å²) in [4.78, 5) is 102. The summed E-state index contributed by atoms with van der Waals surface area (Å²) in [7, 11) is 0. The highest BCUT2D eigenvalue weighted by molar-refractivity contribution is 5.98. The molecule has 7 amide bonds. The molecule has 12 N–H and O–H groups in total. The number of nitrogens with one attached hydrogen (secondary N) is 5. The highest BCUT2D eigenvalue weighted by atomic mass is 16.5. The van der Waals surface area contributed by atoms with Crippen LogP contribution in [-0.2, 0) is 51.3 Å². The predicted molar refractivity (Wildman–Crippen MR) is 281 cm³/mol. The lowest BCUT2D eigenvalue weighted by atomic mass is 9.99. The molecule has 0 aliphatic carbocycles. The monoisotopic (exact) mass is 1080 g/mol. The number of aliphatic hydroxyl groups excluding tert-OH is 6. The van der Waals surface area contributed by atoms with Gasteiger partial charge in [-0.15, -0.1) is 0 Å². The molecule has 5 rings (SSSR count). The van der Waals surface area contributed by atoms with Crippen LogP contribution < -0.4 is 26.6 Å². The summed E-state index contributed by atoms with van der Waals surface area (Å²) in [5, 5.41) is 90.0. The number of fused-ring (bicyclic) bond motifs is 2. The van der Waals surface area contributed by atoms with Crippen molar-refractivity contribution >= 4 is 41.4 Å². The lowest BCUT2D eigenvalue weighted by Crippen LogP contribution is -2.63. The molecule has 5 unspecified atom stereocenters. The fourth-order valence-electron chi connectivity index (χ4n) is 10.0. The van der Waals surface area contributed by atoms with Gasteiger partial charge in [0.2, 0.25) is 41.4 Å². The van der Waals surface area contributed by atoms with Crippen LogP contribution in [0.4, 0.5) is 0 Å². The van der Waals surface area contributed by atoms with Crippen LogP contribution in [0.1, 0.15) is 122 Å². The van der Waals surface area contributed by atoms with E-state index in [9.17, 15) is 69.3 Å². The van der Waals surface area contributed by atoms with E-state index >= 15 is 0 Å². The number of nitrogens with zero attached hydrogens (tertiary/aromatic N) is 2. The Balaban J connectivity index is 1.49. The van der Waals surface area contributed by atoms with E-state index in [4.69, 9.17) is 4.74 Å². The van der Waals surface area contributed by atoms with E-state index in [2.05, 4.69) is 40.4 Å². The maximum absolute atomic E-state index is 14.5. The second-order valence-corrected chi connectivity index (χ2v) is 21.2. The van der Waals surface area contributed by atoms with Crippen molar-refractivity contribution in [1.82, 2.24) is 36.4 Å². The maximum atomic E-state index is 14.5. The summed E-state index contributed by atoms with van der Waals surface area (Å²) in [6.07, 6.45) is -1.25. The third kappa shape index (κ3) is 18.2. The number of amides is 7. The maximum Gasteiger partial charge on any atom is 0.248 e. The lowest BCUT2D eigenvalue weighted by molar-refractivity contribution is -0.148. The standard InChI is InChI=1S/C55H83N7O15/c1-5-32(2)17-13-10-8-6-7-9-11-16-20-44(69)56-39-27-43(68)53(77-31-36-18-14-12-15-19-36)60-52(74)47-48(70)33(3)28-62(47)54(75)40(30-63)57-51(73)46(42(67)25-35-21-23-37(65)24-22-35)59-50(72)41-26-38(66)29-61(41)55(76)45(34(4)64)58-49(39)71/h12,14-15,18-19,21-24,32-34,38-43,45-48,53,63-68,70H,5-11,13,16-17,20,25-31H2,1-4H3,(H,56,69)(H,57,73)(H,58,71)(H,59,72)(H,60,74)/t32?,33-,34?,38+,39+,40?,41-,42-,43+,45?,46?,47-,48-,53-/m0/s1. The highest BCUT2D eigenvalue weighted by Gasteiger charge is 2.49. The first kappa shape index (κ1) is 62.1. The fourth-order valence-corrected chi connectivity index (χ4v) is 10.0. The van der Waals surface area contributed by atoms with Crippen LogP contribution in [0, 0.1) is 11.8 Å². The number of benzene rings is 2. The smallest absolute Gasteiger partial charge is 0.248 e. The van der Waals surface area contributed by atoms with E-state index in [1.807, 2.05) is 0 Å². The zero-order valence-electron chi connectivity index (χ0n) is 44.8. The van der Waals surface area contributed by atoms with Crippen LogP contribution in [-0.4, -0.2) is 180 Å². The molecule has 14 atom stereocenters. The first-order valence-corrected chi connectivity index (χ1v) is 27.3. The van der Waals surface area contributed by atoms with Crippen molar-refractivity contribution in [3.05, 3.63) is 65.7 Å². The molecule has 3 aliphatic heterocycles. The van der Waals surface area contributed by atoms with E-state index in [1.54, 1.807) is 37.3 Å². The van der Waals surface area contributed by atoms with Crippen molar-refractivity contribution in [2.24, 2.45) is 11.8 Å². The molecule has 22 heteroatoms. The van der Waals surface area contributed by atoms with E-state index in [0.29, 0.717) is 23.5 Å². The molecule has 0 aromatic heterocycles. The molecule has 77 heavy (non-hydrogen) atoms. The largest absolute Gasteiger partial charge is 0.508 e. The van der Waals surface area contributed by atoms with Crippen LogP contribution in [0.3, 0.4) is 0 Å². The van der Waals surface area contributed by atoms with Gasteiger partial charge in [0.25, 0.3) is 0 Å². The van der Waals surface area contributed by atoms with Crippen LogP contribution in [0.25, 0.3) is 0 Å². The van der Waals surface area contributed by atoms with Crippen molar-refractivity contribution in [3.63, 3.8) is 0 Å². The number of phenolic OH excluding ortho intramolecular Hbond substituents is 1. The van der Waals surface area contributed by atoms with Gasteiger partial charge in [-0.2, -0.15) is 0 Å². The molecule has 0 spiro atoms. The molecular formula is C55H83N7O15. The molecule has 2 aromatic rings. The van der Waals surface area contributed by atoms with Crippen molar-refractivity contribution in [2.75, 3.05) is 19.7 Å². The Morgan fingerprint density at radius 1 is 0.727 bits per heavy atom. The summed E-state index contributed by atoms with van der Waals surface area (Å²) < 4.78 is 6.09. The first-order chi connectivity index (χ1) is 36.7. The number of unbranched alkanes of at least 4 members (excludes halogenated alkanes) is 7. The molecule has 2 aromatic carbocycles. The van der Waals surface area contributed by atoms with Gasteiger partial charge < -0.3 is 76.9 Å². The van der Waals surface area contributed by atoms with Crippen LogP contribution in [0.5, 0.6) is 5.75 Å². The summed E-state index contributed by atoms with van der Waals surface area (Å²) in [6.45, 7) is 5.15. The van der Waals surface area contributed by atoms with Gasteiger partial charge in [0, 0.05) is 44.7 Å². The second-order valence-electron chi connectivity index (χ2n) is 21.2. The normalized spacial score (nSPS) is 28.3. The number of aromatic hydroxyl groups is 1. The number of rotatable bonds is 21. The molecule has 0 bridgehead atoms. The number of hydrogen-bond acceptors (Lipinski definition) is 15. The van der Waals surface area contributed by atoms with Gasteiger partial charge in [0.05, 0.1) is 37.6 Å². The minimum Gasteiger partial charge on any atom is -0.508 e. The summed E-state index contributed by atoms with van der Waals surface area (Å²) >= 11 is 0. The summed E-state index contributed by atoms with van der Waals surface area (Å²) in [6, 6.07) is 3.61. The zero-order chi connectivity index (χ0) is 56.3. The van der Waals surface area contributed by atoms with Gasteiger partial charge in [-0.1, -0.05) is 121 Å². The van der Waals surface area contributed by atoms with Crippen LogP contribution in [0.15, 0.2) is 54.6 Å². The average Bonchev–Trinajstić information content (AvgIpc) is 3.96. The van der Waals surface area contributed by atoms with Gasteiger partial charge in [-0.3, -0.25) is 33.6 Å². The van der Waals surface area contributed by atoms with Crippen LogP contribution in [0.2, 0.25) is 0 Å². The molecule has 3 aliphatic rings. The fraction of sp³-hybridized carbons (Fsp3) is 0.655. The van der Waals surface area contributed by atoms with Gasteiger partial charge in [0.1, 0.15) is 48.1 Å². The number of carbonyl (C=O) groups is 7. The van der Waals surface area contributed by atoms with E-state index in [1.165, 1.54) is 56.9 Å². The topological polar surface area (TPSA) is 337 Å². The number of phenols is 1. The Morgan fingerprint density at radius 2 is 1.36 bits per heavy atom. The molecule has 3 saturated heterocycles. The molecule has 3 heterocycles. The highest BCUT2D eigenvalue weighted by Crippen LogP contribution is 2.27. The van der Waals surface area contributed by atoms with Gasteiger partial charge in [-0.05, 0) is 42.5 Å². The van der Waals surface area contributed by atoms with Gasteiger partial charge in [0.15, 0.2) is 6.23 Å². The molecule has 3 fully saturated rings. The van der Waals surface area contributed by atoms with Gasteiger partial charge in [-0.25, -0.2) is 0 Å². The third-order valence-electron chi connectivity index (χ3n) is 14.9. The van der Waals surface area contributed by atoms with Gasteiger partial charge >= 0.3 is 0 Å². The Hall–Kier alpha value is -5.75. The quantitative estimate of drug-likeness (QED) is 0.0741. The number of hydrogen-bond donors (Lipinski definition) is 12.